The molecule has 0 N–H and O–H groups in total. The Morgan fingerprint density at radius 3 is 1.43 bits per heavy atom. The summed E-state index contributed by atoms with van der Waals surface area (Å²) in [6.45, 7) is 13.6. The second-order valence-electron chi connectivity index (χ2n) is 7.32. The summed E-state index contributed by atoms with van der Waals surface area (Å²) in [4.78, 5) is 29.1. The summed E-state index contributed by atoms with van der Waals surface area (Å²) >= 11 is 0. The minimum atomic E-state index is 0.147. The molecule has 0 aromatic carbocycles. The molecule has 0 spiro atoms. The van der Waals surface area contributed by atoms with Crippen LogP contribution < -0.4 is 0 Å². The number of carbonyl (C=O) groups is 2. The Hall–Kier alpha value is -1.10. The number of likely N-dealkylation sites (tertiary alicyclic amines) is 1. The van der Waals surface area contributed by atoms with Crippen molar-refractivity contribution in [1.82, 2.24) is 14.7 Å². The highest BCUT2D eigenvalue weighted by Crippen LogP contribution is 2.11. The van der Waals surface area contributed by atoms with Crippen LogP contribution in [0, 0.1) is 11.8 Å². The lowest BCUT2D eigenvalue weighted by molar-refractivity contribution is -0.136. The Labute approximate surface area is 142 Å². The van der Waals surface area contributed by atoms with Crippen LogP contribution in [0.4, 0.5) is 0 Å². The summed E-state index contributed by atoms with van der Waals surface area (Å²) in [5, 5.41) is 0. The first-order valence-electron chi connectivity index (χ1n) is 9.09. The van der Waals surface area contributed by atoms with E-state index >= 15 is 0 Å². The Morgan fingerprint density at radius 1 is 0.652 bits per heavy atom. The Balaban J connectivity index is 0.000000231. The van der Waals surface area contributed by atoms with Gasteiger partial charge in [0.05, 0.1) is 0 Å². The molecule has 2 aliphatic heterocycles. The fourth-order valence-electron chi connectivity index (χ4n) is 2.87. The molecule has 2 heterocycles. The Kier molecular flexibility index (Phi) is 8.59. The number of hydrogen-bond donors (Lipinski definition) is 0. The molecular formula is C18H35N3O2. The zero-order valence-corrected chi connectivity index (χ0v) is 15.7. The number of likely N-dealkylation sites (N-methyl/N-ethyl adjacent to an activating group) is 1. The summed E-state index contributed by atoms with van der Waals surface area (Å²) < 4.78 is 0. The highest BCUT2D eigenvalue weighted by atomic mass is 16.2. The third-order valence-corrected chi connectivity index (χ3v) is 4.47. The van der Waals surface area contributed by atoms with Gasteiger partial charge >= 0.3 is 0 Å². The van der Waals surface area contributed by atoms with Crippen LogP contribution in [0.3, 0.4) is 0 Å². The van der Waals surface area contributed by atoms with E-state index in [-0.39, 0.29) is 11.8 Å². The number of piperazine rings is 1. The molecule has 0 aromatic heterocycles. The van der Waals surface area contributed by atoms with Crippen molar-refractivity contribution in [3.05, 3.63) is 0 Å². The van der Waals surface area contributed by atoms with Gasteiger partial charge in [0.25, 0.3) is 0 Å². The summed E-state index contributed by atoms with van der Waals surface area (Å²) in [5.74, 6) is 0.939. The van der Waals surface area contributed by atoms with Gasteiger partial charge < -0.3 is 14.7 Å². The fraction of sp³-hybridized carbons (Fsp3) is 0.889. The van der Waals surface area contributed by atoms with E-state index < -0.39 is 0 Å². The van der Waals surface area contributed by atoms with Gasteiger partial charge in [-0.25, -0.2) is 0 Å². The molecule has 2 amide bonds. The van der Waals surface area contributed by atoms with E-state index in [9.17, 15) is 9.59 Å². The standard InChI is InChI=1S/C9H18N2O.C9H17NO/c1-8(2)9(12)11-6-4-10(3)5-7-11;1-8(2)9(11)10-6-4-3-5-7-10/h8H,4-7H2,1-3H3;8H,3-7H2,1-2H3. The van der Waals surface area contributed by atoms with Gasteiger partial charge in [-0.2, -0.15) is 0 Å². The van der Waals surface area contributed by atoms with E-state index in [0.717, 1.165) is 39.3 Å². The van der Waals surface area contributed by atoms with E-state index in [1.165, 1.54) is 19.3 Å². The second kappa shape index (κ2) is 9.91. The third kappa shape index (κ3) is 6.90. The van der Waals surface area contributed by atoms with Crippen LogP contribution in [0.5, 0.6) is 0 Å². The molecule has 5 heteroatoms. The van der Waals surface area contributed by atoms with Crippen LogP contribution >= 0.6 is 0 Å². The molecule has 134 valence electrons. The first-order chi connectivity index (χ1) is 10.8. The van der Waals surface area contributed by atoms with Crippen molar-refractivity contribution in [2.75, 3.05) is 46.3 Å². The largest absolute Gasteiger partial charge is 0.342 e. The van der Waals surface area contributed by atoms with E-state index in [0.29, 0.717) is 11.8 Å². The number of rotatable bonds is 2. The molecule has 2 rings (SSSR count). The van der Waals surface area contributed by atoms with Crippen LogP contribution in [0.2, 0.25) is 0 Å². The molecule has 2 fully saturated rings. The van der Waals surface area contributed by atoms with E-state index in [1.807, 2.05) is 37.5 Å². The van der Waals surface area contributed by atoms with E-state index in [2.05, 4.69) is 11.9 Å². The topological polar surface area (TPSA) is 43.9 Å². The van der Waals surface area contributed by atoms with Crippen molar-refractivity contribution >= 4 is 11.8 Å². The van der Waals surface area contributed by atoms with Crippen molar-refractivity contribution in [1.29, 1.82) is 0 Å². The maximum atomic E-state index is 11.5. The summed E-state index contributed by atoms with van der Waals surface area (Å²) in [5.41, 5.74) is 0. The first-order valence-corrected chi connectivity index (χ1v) is 9.09. The normalized spacial score (nSPS) is 19.6. The molecular weight excluding hydrogens is 290 g/mol. The van der Waals surface area contributed by atoms with Gasteiger partial charge in [-0.15, -0.1) is 0 Å². The Morgan fingerprint density at radius 2 is 1.04 bits per heavy atom. The minimum Gasteiger partial charge on any atom is -0.342 e. The predicted octanol–water partition coefficient (Wildman–Crippen LogP) is 2.07. The molecule has 0 atom stereocenters. The highest BCUT2D eigenvalue weighted by molar-refractivity contribution is 5.78. The molecule has 0 aliphatic carbocycles. The van der Waals surface area contributed by atoms with Crippen molar-refractivity contribution in [3.63, 3.8) is 0 Å². The number of carbonyl (C=O) groups excluding carboxylic acids is 2. The zero-order valence-electron chi connectivity index (χ0n) is 15.7. The minimum absolute atomic E-state index is 0.147. The Bertz CT molecular complexity index is 368. The number of hydrogen-bond acceptors (Lipinski definition) is 3. The average molecular weight is 325 g/mol. The molecule has 5 nitrogen and oxygen atoms in total. The maximum Gasteiger partial charge on any atom is 0.225 e. The lowest BCUT2D eigenvalue weighted by Gasteiger charge is -2.33. The zero-order chi connectivity index (χ0) is 17.4. The summed E-state index contributed by atoms with van der Waals surface area (Å²) in [6.07, 6.45) is 3.68. The SMILES string of the molecule is CC(C)C(=O)N1CCCCC1.CC(C)C(=O)N1CCN(C)CC1. The van der Waals surface area contributed by atoms with Crippen LogP contribution in [0.1, 0.15) is 47.0 Å². The van der Waals surface area contributed by atoms with Crippen LogP contribution in [-0.4, -0.2) is 72.8 Å². The monoisotopic (exact) mass is 325 g/mol. The van der Waals surface area contributed by atoms with Crippen molar-refractivity contribution in [2.45, 2.75) is 47.0 Å². The smallest absolute Gasteiger partial charge is 0.225 e. The van der Waals surface area contributed by atoms with Crippen LogP contribution in [0.15, 0.2) is 0 Å². The van der Waals surface area contributed by atoms with Crippen LogP contribution in [0.25, 0.3) is 0 Å². The quantitative estimate of drug-likeness (QED) is 0.781. The van der Waals surface area contributed by atoms with Gasteiger partial charge in [0.15, 0.2) is 0 Å². The molecule has 0 saturated carbocycles. The number of amides is 2. The number of piperidine rings is 1. The molecule has 0 aromatic rings. The van der Waals surface area contributed by atoms with Gasteiger partial charge in [0, 0.05) is 51.1 Å². The second-order valence-corrected chi connectivity index (χ2v) is 7.32. The third-order valence-electron chi connectivity index (χ3n) is 4.47. The van der Waals surface area contributed by atoms with Crippen molar-refractivity contribution < 1.29 is 9.59 Å². The lowest BCUT2D eigenvalue weighted by Crippen LogP contribution is -2.48. The summed E-state index contributed by atoms with van der Waals surface area (Å²) in [6, 6.07) is 0. The number of nitrogens with zero attached hydrogens (tertiary/aromatic N) is 3. The van der Waals surface area contributed by atoms with Crippen molar-refractivity contribution in [3.8, 4) is 0 Å². The van der Waals surface area contributed by atoms with Gasteiger partial charge in [-0.3, -0.25) is 9.59 Å². The highest BCUT2D eigenvalue weighted by Gasteiger charge is 2.20. The predicted molar refractivity (Wildman–Crippen MR) is 94.2 cm³/mol. The fourth-order valence-corrected chi connectivity index (χ4v) is 2.87. The molecule has 0 unspecified atom stereocenters. The maximum absolute atomic E-state index is 11.5. The first kappa shape index (κ1) is 19.9. The molecule has 0 radical (unpaired) electrons. The van der Waals surface area contributed by atoms with E-state index in [1.54, 1.807) is 0 Å². The van der Waals surface area contributed by atoms with Gasteiger partial charge in [-0.1, -0.05) is 27.7 Å². The van der Waals surface area contributed by atoms with E-state index in [4.69, 9.17) is 0 Å². The van der Waals surface area contributed by atoms with Gasteiger partial charge in [0.2, 0.25) is 11.8 Å². The molecule has 2 aliphatic rings. The average Bonchev–Trinajstić information content (AvgIpc) is 2.55. The lowest BCUT2D eigenvalue weighted by atomic mass is 10.1. The van der Waals surface area contributed by atoms with Crippen molar-refractivity contribution in [2.24, 2.45) is 11.8 Å². The van der Waals surface area contributed by atoms with Crippen LogP contribution in [-0.2, 0) is 9.59 Å². The summed E-state index contributed by atoms with van der Waals surface area (Å²) in [7, 11) is 2.09. The molecule has 23 heavy (non-hydrogen) atoms. The van der Waals surface area contributed by atoms with Gasteiger partial charge in [-0.05, 0) is 26.3 Å². The van der Waals surface area contributed by atoms with Gasteiger partial charge in [0.1, 0.15) is 0 Å². The molecule has 0 bridgehead atoms. The molecule has 2 saturated heterocycles.